The van der Waals surface area contributed by atoms with Crippen LogP contribution in [0.2, 0.25) is 5.02 Å². The molecule has 1 fully saturated rings. The zero-order valence-electron chi connectivity index (χ0n) is 19.8. The summed E-state index contributed by atoms with van der Waals surface area (Å²) in [5.74, 6) is -0.0176. The van der Waals surface area contributed by atoms with Crippen LogP contribution in [0.3, 0.4) is 0 Å². The summed E-state index contributed by atoms with van der Waals surface area (Å²) < 4.78 is 11.1. The summed E-state index contributed by atoms with van der Waals surface area (Å²) in [7, 11) is 0. The van der Waals surface area contributed by atoms with Crippen molar-refractivity contribution in [1.29, 1.82) is 0 Å². The summed E-state index contributed by atoms with van der Waals surface area (Å²) >= 11 is 6.09. The first kappa shape index (κ1) is 25.0. The maximum absolute atomic E-state index is 12.9. The Morgan fingerprint density at radius 1 is 1.14 bits per heavy atom. The molecule has 4 rings (SSSR count). The van der Waals surface area contributed by atoms with Crippen molar-refractivity contribution in [3.8, 4) is 11.5 Å². The third-order valence-corrected chi connectivity index (χ3v) is 6.61. The first-order chi connectivity index (χ1) is 16.9. The minimum atomic E-state index is -0.753. The number of piperidine rings is 1. The Morgan fingerprint density at radius 3 is 2.69 bits per heavy atom. The second-order valence-electron chi connectivity index (χ2n) is 8.75. The van der Waals surface area contributed by atoms with Crippen molar-refractivity contribution >= 4 is 34.9 Å². The molecule has 2 aliphatic rings. The highest BCUT2D eigenvalue weighted by Gasteiger charge is 2.33. The molecule has 2 aromatic rings. The topological polar surface area (TPSA) is 88.2 Å². The summed E-state index contributed by atoms with van der Waals surface area (Å²) in [5, 5.41) is 3.36. The Hall–Kier alpha value is -3.10. The monoisotopic (exact) mass is 499 g/mol. The fourth-order valence-electron chi connectivity index (χ4n) is 4.34. The van der Waals surface area contributed by atoms with Gasteiger partial charge in [-0.3, -0.25) is 19.3 Å². The van der Waals surface area contributed by atoms with Gasteiger partial charge in [0.25, 0.3) is 5.91 Å². The smallest absolute Gasteiger partial charge is 0.265 e. The molecule has 0 saturated carbocycles. The quantitative estimate of drug-likeness (QED) is 0.532. The van der Waals surface area contributed by atoms with Gasteiger partial charge in [0, 0.05) is 18.7 Å². The lowest BCUT2D eigenvalue weighted by Gasteiger charge is -2.34. The molecule has 8 nitrogen and oxygen atoms in total. The fourth-order valence-corrected chi connectivity index (χ4v) is 4.53. The Labute approximate surface area is 210 Å². The van der Waals surface area contributed by atoms with E-state index in [1.165, 1.54) is 24.2 Å². The number of ether oxygens (including phenoxy) is 2. The maximum atomic E-state index is 12.9. The molecule has 186 valence electrons. The third-order valence-electron chi connectivity index (χ3n) is 6.30. The van der Waals surface area contributed by atoms with Gasteiger partial charge in [-0.2, -0.15) is 0 Å². The predicted molar refractivity (Wildman–Crippen MR) is 133 cm³/mol. The Kier molecular flexibility index (Phi) is 8.25. The second kappa shape index (κ2) is 11.6. The number of rotatable bonds is 9. The molecule has 9 heteroatoms. The number of nitrogens with one attached hydrogen (secondary N) is 1. The van der Waals surface area contributed by atoms with Crippen LogP contribution < -0.4 is 19.7 Å². The number of fused-ring (bicyclic) bond motifs is 1. The van der Waals surface area contributed by atoms with E-state index in [0.29, 0.717) is 34.3 Å². The van der Waals surface area contributed by atoms with Crippen LogP contribution in [0.1, 0.15) is 36.5 Å². The molecule has 0 aliphatic carbocycles. The van der Waals surface area contributed by atoms with Crippen LogP contribution in [0.4, 0.5) is 5.69 Å². The maximum Gasteiger partial charge on any atom is 0.265 e. The van der Waals surface area contributed by atoms with Crippen LogP contribution >= 0.6 is 11.6 Å². The number of benzene rings is 2. The molecule has 0 radical (unpaired) electrons. The number of ketones is 1. The van der Waals surface area contributed by atoms with Crippen LogP contribution in [0.25, 0.3) is 0 Å². The zero-order chi connectivity index (χ0) is 24.8. The van der Waals surface area contributed by atoms with Crippen molar-refractivity contribution in [2.24, 2.45) is 0 Å². The number of hydrogen-bond donors (Lipinski definition) is 1. The molecule has 0 bridgehead atoms. The van der Waals surface area contributed by atoms with Gasteiger partial charge in [-0.25, -0.2) is 0 Å². The van der Waals surface area contributed by atoms with E-state index in [-0.39, 0.29) is 30.8 Å². The molecule has 0 spiro atoms. The third kappa shape index (κ3) is 6.13. The van der Waals surface area contributed by atoms with Gasteiger partial charge in [-0.05, 0) is 63.2 Å². The van der Waals surface area contributed by atoms with E-state index in [9.17, 15) is 14.4 Å². The number of anilines is 1. The standard InChI is InChI=1S/C26H30ClN3O5/c1-18(26(33)28-11-14-29-12-5-2-6-13-29)30-21-15-19(9-10-24(21)35-17-25(30)32)22(31)16-34-23-8-4-3-7-20(23)27/h3-4,7-10,15,18H,2,5-6,11-14,16-17H2,1H3,(H,28,33)/t18-/m1/s1. The van der Waals surface area contributed by atoms with E-state index in [0.717, 1.165) is 19.6 Å². The number of carbonyl (C=O) groups is 3. The van der Waals surface area contributed by atoms with Crippen LogP contribution in [0.15, 0.2) is 42.5 Å². The highest BCUT2D eigenvalue weighted by Crippen LogP contribution is 2.34. The highest BCUT2D eigenvalue weighted by molar-refractivity contribution is 6.32. The normalized spacial score (nSPS) is 16.7. The molecular formula is C26H30ClN3O5. The molecule has 35 heavy (non-hydrogen) atoms. The minimum absolute atomic E-state index is 0.165. The van der Waals surface area contributed by atoms with Crippen LogP contribution in [0.5, 0.6) is 11.5 Å². The summed E-state index contributed by atoms with van der Waals surface area (Å²) in [6.45, 7) is 4.71. The van der Waals surface area contributed by atoms with Gasteiger partial charge in [0.15, 0.2) is 19.0 Å². The van der Waals surface area contributed by atoms with Crippen LogP contribution in [0, 0.1) is 0 Å². The molecular weight excluding hydrogens is 470 g/mol. The second-order valence-corrected chi connectivity index (χ2v) is 9.15. The molecule has 2 aromatic carbocycles. The molecule has 1 atom stereocenters. The van der Waals surface area contributed by atoms with Gasteiger partial charge in [0.05, 0.1) is 10.7 Å². The average Bonchev–Trinajstić information content (AvgIpc) is 2.88. The number of nitrogens with zero attached hydrogens (tertiary/aromatic N) is 2. The van der Waals surface area contributed by atoms with Crippen LogP contribution in [-0.4, -0.2) is 67.9 Å². The van der Waals surface area contributed by atoms with Gasteiger partial charge in [-0.1, -0.05) is 30.2 Å². The summed E-state index contributed by atoms with van der Waals surface area (Å²) in [6.07, 6.45) is 3.64. The summed E-state index contributed by atoms with van der Waals surface area (Å²) in [5.41, 5.74) is 0.736. The van der Waals surface area contributed by atoms with Gasteiger partial charge in [0.2, 0.25) is 5.91 Å². The van der Waals surface area contributed by atoms with Gasteiger partial charge < -0.3 is 19.7 Å². The average molecular weight is 500 g/mol. The summed E-state index contributed by atoms with van der Waals surface area (Å²) in [4.78, 5) is 42.2. The fraction of sp³-hybridized carbons (Fsp3) is 0.423. The van der Waals surface area contributed by atoms with Crippen LogP contribution in [-0.2, 0) is 9.59 Å². The molecule has 2 aliphatic heterocycles. The number of Topliss-reactive ketones (excluding diaryl/α,β-unsaturated/α-hetero) is 1. The highest BCUT2D eigenvalue weighted by atomic mass is 35.5. The van der Waals surface area contributed by atoms with E-state index < -0.39 is 6.04 Å². The molecule has 0 aromatic heterocycles. The Balaban J connectivity index is 1.42. The lowest BCUT2D eigenvalue weighted by molar-refractivity contribution is -0.127. The molecule has 2 amide bonds. The SMILES string of the molecule is C[C@H](C(=O)NCCN1CCCCC1)N1C(=O)COc2ccc(C(=O)COc3ccccc3Cl)cc21. The van der Waals surface area contributed by atoms with E-state index >= 15 is 0 Å². The Bertz CT molecular complexity index is 1090. The lowest BCUT2D eigenvalue weighted by atomic mass is 10.1. The molecule has 1 N–H and O–H groups in total. The minimum Gasteiger partial charge on any atom is -0.484 e. The number of carbonyl (C=O) groups excluding carboxylic acids is 3. The van der Waals surface area contributed by atoms with Crippen molar-refractivity contribution in [1.82, 2.24) is 10.2 Å². The molecule has 2 heterocycles. The number of amides is 2. The van der Waals surface area contributed by atoms with Crippen molar-refractivity contribution in [3.05, 3.63) is 53.1 Å². The van der Waals surface area contributed by atoms with Crippen molar-refractivity contribution in [3.63, 3.8) is 0 Å². The van der Waals surface area contributed by atoms with Gasteiger partial charge >= 0.3 is 0 Å². The Morgan fingerprint density at radius 2 is 1.91 bits per heavy atom. The predicted octanol–water partition coefficient (Wildman–Crippen LogP) is 3.32. The van der Waals surface area contributed by atoms with Crippen molar-refractivity contribution in [2.75, 3.05) is 44.3 Å². The van der Waals surface area contributed by atoms with E-state index in [1.807, 2.05) is 0 Å². The molecule has 0 unspecified atom stereocenters. The zero-order valence-corrected chi connectivity index (χ0v) is 20.6. The van der Waals surface area contributed by atoms with E-state index in [1.54, 1.807) is 49.4 Å². The number of hydrogen-bond acceptors (Lipinski definition) is 6. The number of halogens is 1. The first-order valence-corrected chi connectivity index (χ1v) is 12.3. The van der Waals surface area contributed by atoms with E-state index in [2.05, 4.69) is 10.2 Å². The number of likely N-dealkylation sites (tertiary alicyclic amines) is 1. The van der Waals surface area contributed by atoms with E-state index in [4.69, 9.17) is 21.1 Å². The van der Waals surface area contributed by atoms with Crippen molar-refractivity contribution < 1.29 is 23.9 Å². The van der Waals surface area contributed by atoms with Gasteiger partial charge in [-0.15, -0.1) is 0 Å². The largest absolute Gasteiger partial charge is 0.484 e. The molecule has 1 saturated heterocycles. The summed E-state index contributed by atoms with van der Waals surface area (Å²) in [6, 6.07) is 11.0. The number of para-hydroxylation sites is 1. The lowest BCUT2D eigenvalue weighted by Crippen LogP contribution is -2.52. The van der Waals surface area contributed by atoms with Crippen molar-refractivity contribution in [2.45, 2.75) is 32.2 Å². The first-order valence-electron chi connectivity index (χ1n) is 11.9. The van der Waals surface area contributed by atoms with Gasteiger partial charge in [0.1, 0.15) is 17.5 Å².